The fourth-order valence-electron chi connectivity index (χ4n) is 6.56. The maximum Gasteiger partial charge on any atom is 0.164 e. The standard InChI is InChI=1S/C45H28N4O/c1-4-12-29(13-5-1)43-46-44(30-14-6-2-7-15-30)48-45(47-43)33-20-23-36-38-27-32(22-25-41(38)50-42(36)28-33)31-21-24-40-37(26-31)35-18-10-11-19-39(35)49(40)34-16-8-3-9-17-34/h1-28H/i1D,2D,4D,5D,6D,7D,12D,13D,14D,15D. The van der Waals surface area contributed by atoms with Crippen molar-refractivity contribution in [3.05, 3.63) is 170 Å². The summed E-state index contributed by atoms with van der Waals surface area (Å²) in [6.07, 6.45) is 0. The molecule has 50 heavy (non-hydrogen) atoms. The van der Waals surface area contributed by atoms with Crippen LogP contribution in [0.3, 0.4) is 0 Å². The van der Waals surface area contributed by atoms with Gasteiger partial charge in [0.1, 0.15) is 11.2 Å². The van der Waals surface area contributed by atoms with Crippen molar-refractivity contribution in [2.24, 2.45) is 0 Å². The Morgan fingerprint density at radius 1 is 0.420 bits per heavy atom. The van der Waals surface area contributed by atoms with E-state index >= 15 is 0 Å². The minimum Gasteiger partial charge on any atom is -0.456 e. The van der Waals surface area contributed by atoms with Crippen molar-refractivity contribution < 1.29 is 18.1 Å². The van der Waals surface area contributed by atoms with Gasteiger partial charge < -0.3 is 8.98 Å². The van der Waals surface area contributed by atoms with Gasteiger partial charge in [0.15, 0.2) is 17.5 Å². The molecule has 3 heterocycles. The number of hydrogen-bond acceptors (Lipinski definition) is 4. The summed E-state index contributed by atoms with van der Waals surface area (Å²) in [5, 5.41) is 3.92. The molecule has 0 spiro atoms. The number of aromatic nitrogens is 4. The molecule has 3 aromatic heterocycles. The van der Waals surface area contributed by atoms with Crippen molar-refractivity contribution in [3.63, 3.8) is 0 Å². The fraction of sp³-hybridized carbons (Fsp3) is 0. The van der Waals surface area contributed by atoms with Gasteiger partial charge in [-0.25, -0.2) is 15.0 Å². The van der Waals surface area contributed by atoms with Crippen LogP contribution in [-0.4, -0.2) is 19.5 Å². The predicted molar refractivity (Wildman–Crippen MR) is 203 cm³/mol. The van der Waals surface area contributed by atoms with Gasteiger partial charge in [-0.2, -0.15) is 0 Å². The van der Waals surface area contributed by atoms with Crippen molar-refractivity contribution in [2.75, 3.05) is 0 Å². The molecule has 5 heteroatoms. The van der Waals surface area contributed by atoms with Crippen molar-refractivity contribution in [1.29, 1.82) is 0 Å². The van der Waals surface area contributed by atoms with Crippen LogP contribution >= 0.6 is 0 Å². The number of hydrogen-bond donors (Lipinski definition) is 0. The first-order valence-corrected chi connectivity index (χ1v) is 15.9. The average Bonchev–Trinajstić information content (AvgIpc) is 3.81. The summed E-state index contributed by atoms with van der Waals surface area (Å²) in [4.78, 5) is 13.5. The van der Waals surface area contributed by atoms with E-state index in [-0.39, 0.29) is 28.6 Å². The molecule has 0 N–H and O–H groups in total. The molecule has 0 atom stereocenters. The van der Waals surface area contributed by atoms with Crippen LogP contribution in [0.4, 0.5) is 0 Å². The highest BCUT2D eigenvalue weighted by Crippen LogP contribution is 2.38. The lowest BCUT2D eigenvalue weighted by Crippen LogP contribution is -2.00. The predicted octanol–water partition coefficient (Wildman–Crippen LogP) is 11.5. The number of nitrogens with zero attached hydrogens (tertiary/aromatic N) is 4. The highest BCUT2D eigenvalue weighted by atomic mass is 16.3. The van der Waals surface area contributed by atoms with E-state index in [0.29, 0.717) is 16.7 Å². The lowest BCUT2D eigenvalue weighted by Gasteiger charge is -2.08. The molecule has 0 saturated carbocycles. The lowest BCUT2D eigenvalue weighted by molar-refractivity contribution is 0.669. The summed E-state index contributed by atoms with van der Waals surface area (Å²) < 4.78 is 92.3. The van der Waals surface area contributed by atoms with Crippen LogP contribution in [0.2, 0.25) is 0 Å². The van der Waals surface area contributed by atoms with Crippen molar-refractivity contribution >= 4 is 43.7 Å². The molecule has 10 rings (SSSR count). The summed E-state index contributed by atoms with van der Waals surface area (Å²) in [6.45, 7) is 0. The number of fused-ring (bicyclic) bond motifs is 6. The van der Waals surface area contributed by atoms with Crippen LogP contribution in [0, 0.1) is 0 Å². The number of rotatable bonds is 5. The second-order valence-electron chi connectivity index (χ2n) is 11.8. The Kier molecular flexibility index (Phi) is 4.52. The Morgan fingerprint density at radius 3 is 1.72 bits per heavy atom. The van der Waals surface area contributed by atoms with E-state index in [2.05, 4.69) is 68.0 Å². The summed E-state index contributed by atoms with van der Waals surface area (Å²) >= 11 is 0. The molecule has 0 amide bonds. The molecule has 0 fully saturated rings. The summed E-state index contributed by atoms with van der Waals surface area (Å²) in [5.74, 6) is -0.714. The SMILES string of the molecule is [2H]c1c([2H])c([2H])c(-c2nc(-c3ccc4c(c3)oc3ccc(-c5ccc6c(c5)c5ccccc5n6-c5ccccc5)cc34)nc(-c3c([2H])c([2H])c([2H])c([2H])c3[2H])n2)c([2H])c1[2H]. The molecule has 0 aliphatic heterocycles. The zero-order chi connectivity index (χ0) is 41.7. The lowest BCUT2D eigenvalue weighted by atomic mass is 10.0. The van der Waals surface area contributed by atoms with E-state index in [9.17, 15) is 0 Å². The Balaban J connectivity index is 1.12. The molecule has 0 aliphatic carbocycles. The molecule has 0 saturated heterocycles. The average molecular weight is 651 g/mol. The Bertz CT molecular complexity index is 3310. The van der Waals surface area contributed by atoms with Crippen LogP contribution in [0.1, 0.15) is 13.7 Å². The molecule has 10 aromatic rings. The second kappa shape index (κ2) is 11.4. The Hall–Kier alpha value is -6.85. The zero-order valence-corrected chi connectivity index (χ0v) is 26.1. The van der Waals surface area contributed by atoms with E-state index < -0.39 is 60.4 Å². The van der Waals surface area contributed by atoms with Crippen molar-refractivity contribution in [3.8, 4) is 51.0 Å². The topological polar surface area (TPSA) is 56.7 Å². The Labute approximate surface area is 301 Å². The molecule has 0 unspecified atom stereocenters. The fourth-order valence-corrected chi connectivity index (χ4v) is 6.56. The van der Waals surface area contributed by atoms with Gasteiger partial charge in [0, 0.05) is 43.9 Å². The normalized spacial score (nSPS) is 14.4. The molecule has 0 bridgehead atoms. The minimum absolute atomic E-state index is 0.0420. The third kappa shape index (κ3) is 4.67. The van der Waals surface area contributed by atoms with Gasteiger partial charge in [0.2, 0.25) is 0 Å². The minimum atomic E-state index is -0.612. The molecule has 234 valence electrons. The third-order valence-electron chi connectivity index (χ3n) is 8.83. The van der Waals surface area contributed by atoms with Gasteiger partial charge in [-0.3, -0.25) is 0 Å². The maximum absolute atomic E-state index is 8.62. The highest BCUT2D eigenvalue weighted by Gasteiger charge is 2.16. The van der Waals surface area contributed by atoms with Crippen LogP contribution in [0.25, 0.3) is 94.7 Å². The van der Waals surface area contributed by atoms with Gasteiger partial charge in [0.25, 0.3) is 0 Å². The highest BCUT2D eigenvalue weighted by molar-refractivity contribution is 6.11. The van der Waals surface area contributed by atoms with Crippen LogP contribution in [0.5, 0.6) is 0 Å². The van der Waals surface area contributed by atoms with E-state index in [4.69, 9.17) is 18.1 Å². The second-order valence-corrected chi connectivity index (χ2v) is 11.8. The first-order chi connectivity index (χ1) is 28.9. The molecular formula is C45H28N4O. The van der Waals surface area contributed by atoms with Gasteiger partial charge in [-0.1, -0.05) is 115 Å². The van der Waals surface area contributed by atoms with Crippen molar-refractivity contribution in [1.82, 2.24) is 19.5 Å². The number of para-hydroxylation sites is 2. The van der Waals surface area contributed by atoms with E-state index in [1.165, 1.54) is 0 Å². The first kappa shape index (κ1) is 19.8. The smallest absolute Gasteiger partial charge is 0.164 e. The van der Waals surface area contributed by atoms with Crippen LogP contribution < -0.4 is 0 Å². The number of benzene rings is 7. The number of furan rings is 1. The van der Waals surface area contributed by atoms with Gasteiger partial charge in [-0.15, -0.1) is 0 Å². The largest absolute Gasteiger partial charge is 0.456 e. The Morgan fingerprint density at radius 2 is 1.00 bits per heavy atom. The zero-order valence-electron chi connectivity index (χ0n) is 36.1. The van der Waals surface area contributed by atoms with E-state index in [1.54, 1.807) is 12.1 Å². The van der Waals surface area contributed by atoms with Crippen LogP contribution in [-0.2, 0) is 0 Å². The van der Waals surface area contributed by atoms with E-state index in [0.717, 1.165) is 49.4 Å². The summed E-state index contributed by atoms with van der Waals surface area (Å²) in [6, 6.07) is 30.4. The summed E-state index contributed by atoms with van der Waals surface area (Å²) in [5.41, 5.74) is 6.11. The van der Waals surface area contributed by atoms with Crippen LogP contribution in [0.15, 0.2) is 174 Å². The van der Waals surface area contributed by atoms with Gasteiger partial charge >= 0.3 is 0 Å². The molecular weight excluding hydrogens is 613 g/mol. The monoisotopic (exact) mass is 650 g/mol. The molecule has 0 aliphatic rings. The van der Waals surface area contributed by atoms with E-state index in [1.807, 2.05) is 48.5 Å². The molecule has 5 nitrogen and oxygen atoms in total. The van der Waals surface area contributed by atoms with Gasteiger partial charge in [-0.05, 0) is 65.7 Å². The van der Waals surface area contributed by atoms with Crippen molar-refractivity contribution in [2.45, 2.75) is 0 Å². The third-order valence-corrected chi connectivity index (χ3v) is 8.83. The first-order valence-electron chi connectivity index (χ1n) is 20.9. The summed E-state index contributed by atoms with van der Waals surface area (Å²) in [7, 11) is 0. The quantitative estimate of drug-likeness (QED) is 0.186. The molecule has 7 aromatic carbocycles. The maximum atomic E-state index is 8.62. The molecule has 0 radical (unpaired) electrons. The van der Waals surface area contributed by atoms with Gasteiger partial charge in [0.05, 0.1) is 24.7 Å².